The van der Waals surface area contributed by atoms with Crippen molar-refractivity contribution >= 4 is 34.7 Å². The molecule has 0 saturated carbocycles. The molecule has 2 aromatic carbocycles. The van der Waals surface area contributed by atoms with Crippen molar-refractivity contribution in [1.82, 2.24) is 9.97 Å². The van der Waals surface area contributed by atoms with Crippen LogP contribution in [0.5, 0.6) is 11.5 Å². The third-order valence-corrected chi connectivity index (χ3v) is 4.86. The van der Waals surface area contributed by atoms with Crippen LogP contribution in [0.25, 0.3) is 0 Å². The number of benzene rings is 2. The van der Waals surface area contributed by atoms with Gasteiger partial charge >= 0.3 is 0 Å². The first-order valence-electron chi connectivity index (χ1n) is 9.34. The number of hydrogen-bond donors (Lipinski definition) is 3. The van der Waals surface area contributed by atoms with Crippen molar-refractivity contribution in [2.24, 2.45) is 0 Å². The van der Waals surface area contributed by atoms with Crippen LogP contribution in [0.2, 0.25) is 0 Å². The molecule has 0 aliphatic carbocycles. The van der Waals surface area contributed by atoms with Crippen molar-refractivity contribution in [3.05, 3.63) is 53.7 Å². The number of carbonyl (C=O) groups excluding carboxylic acids is 1. The van der Waals surface area contributed by atoms with Gasteiger partial charge in [-0.25, -0.2) is 4.98 Å². The lowest BCUT2D eigenvalue weighted by molar-refractivity contribution is -0.116. The zero-order chi connectivity index (χ0) is 19.8. The number of carbonyl (C=O) groups is 1. The lowest BCUT2D eigenvalue weighted by Crippen LogP contribution is -2.18. The Balaban J connectivity index is 1.36. The zero-order valence-corrected chi connectivity index (χ0v) is 15.8. The average Bonchev–Trinajstić information content (AvgIpc) is 3.18. The molecule has 0 atom stereocenters. The fourth-order valence-electron chi connectivity index (χ4n) is 3.33. The van der Waals surface area contributed by atoms with E-state index in [9.17, 15) is 4.79 Å². The van der Waals surface area contributed by atoms with Crippen LogP contribution in [0, 0.1) is 6.92 Å². The summed E-state index contributed by atoms with van der Waals surface area (Å²) in [5.41, 5.74) is 4.63. The molecule has 8 heteroatoms. The van der Waals surface area contributed by atoms with Crippen LogP contribution in [-0.4, -0.2) is 22.7 Å². The molecular formula is C21H19N5O3. The SMILES string of the molecule is Cc1cnc(Nc2ccc3c(c2)OCO3)nc1Nc1ccc2c(c1)CCC(=O)N2. The van der Waals surface area contributed by atoms with Gasteiger partial charge in [0.15, 0.2) is 11.5 Å². The molecular weight excluding hydrogens is 370 g/mol. The third-order valence-electron chi connectivity index (χ3n) is 4.86. The molecule has 0 unspecified atom stereocenters. The Morgan fingerprint density at radius 3 is 2.76 bits per heavy atom. The maximum atomic E-state index is 11.5. The molecule has 29 heavy (non-hydrogen) atoms. The summed E-state index contributed by atoms with van der Waals surface area (Å²) < 4.78 is 10.7. The molecule has 0 fully saturated rings. The first kappa shape index (κ1) is 17.3. The maximum Gasteiger partial charge on any atom is 0.231 e. The van der Waals surface area contributed by atoms with Crippen molar-refractivity contribution < 1.29 is 14.3 Å². The highest BCUT2D eigenvalue weighted by Crippen LogP contribution is 2.35. The Morgan fingerprint density at radius 1 is 1.00 bits per heavy atom. The van der Waals surface area contributed by atoms with Gasteiger partial charge in [0.2, 0.25) is 18.6 Å². The molecule has 0 saturated heterocycles. The summed E-state index contributed by atoms with van der Waals surface area (Å²) in [5, 5.41) is 9.44. The monoisotopic (exact) mass is 389 g/mol. The van der Waals surface area contributed by atoms with Crippen LogP contribution in [0.1, 0.15) is 17.5 Å². The van der Waals surface area contributed by atoms with E-state index < -0.39 is 0 Å². The van der Waals surface area contributed by atoms with Crippen LogP contribution in [-0.2, 0) is 11.2 Å². The summed E-state index contributed by atoms with van der Waals surface area (Å²) in [4.78, 5) is 20.5. The predicted octanol–water partition coefficient (Wildman–Crippen LogP) is 3.89. The molecule has 0 radical (unpaired) electrons. The molecule has 2 aliphatic rings. The number of nitrogens with one attached hydrogen (secondary N) is 3. The lowest BCUT2D eigenvalue weighted by Gasteiger charge is -2.18. The Labute approximate surface area is 167 Å². The van der Waals surface area contributed by atoms with Gasteiger partial charge in [0, 0.05) is 41.3 Å². The molecule has 0 spiro atoms. The standard InChI is InChI=1S/C21H19N5O3/c1-12-10-22-21(24-15-4-6-17-18(9-15)29-11-28-17)26-20(12)23-14-3-5-16-13(8-14)2-7-19(27)25-16/h3-6,8-10H,2,7,11H2,1H3,(H,25,27)(H2,22,23,24,26). The van der Waals surface area contributed by atoms with Crippen molar-refractivity contribution in [2.45, 2.75) is 19.8 Å². The predicted molar refractivity (Wildman–Crippen MR) is 109 cm³/mol. The molecule has 5 rings (SSSR count). The summed E-state index contributed by atoms with van der Waals surface area (Å²) in [7, 11) is 0. The lowest BCUT2D eigenvalue weighted by atomic mass is 10.0. The highest BCUT2D eigenvalue weighted by atomic mass is 16.7. The Hall–Kier alpha value is -3.81. The maximum absolute atomic E-state index is 11.5. The summed E-state index contributed by atoms with van der Waals surface area (Å²) in [6.07, 6.45) is 3.01. The number of hydrogen-bond acceptors (Lipinski definition) is 7. The molecule has 3 N–H and O–H groups in total. The Kier molecular flexibility index (Phi) is 4.16. The second-order valence-electron chi connectivity index (χ2n) is 6.96. The number of amides is 1. The van der Waals surface area contributed by atoms with Gasteiger partial charge in [-0.15, -0.1) is 0 Å². The molecule has 1 amide bonds. The minimum absolute atomic E-state index is 0.0593. The molecule has 3 heterocycles. The first-order valence-corrected chi connectivity index (χ1v) is 9.34. The largest absolute Gasteiger partial charge is 0.454 e. The van der Waals surface area contributed by atoms with Crippen LogP contribution >= 0.6 is 0 Å². The smallest absolute Gasteiger partial charge is 0.231 e. The van der Waals surface area contributed by atoms with Crippen molar-refractivity contribution in [3.63, 3.8) is 0 Å². The summed E-state index contributed by atoms with van der Waals surface area (Å²) in [6.45, 7) is 2.18. The van der Waals surface area contributed by atoms with Gasteiger partial charge in [0.25, 0.3) is 0 Å². The van der Waals surface area contributed by atoms with E-state index in [1.807, 2.05) is 43.3 Å². The number of fused-ring (bicyclic) bond motifs is 2. The van der Waals surface area contributed by atoms with Gasteiger partial charge in [-0.05, 0) is 49.2 Å². The van der Waals surface area contributed by atoms with Gasteiger partial charge in [-0.1, -0.05) is 0 Å². The number of aryl methyl sites for hydroxylation is 2. The minimum atomic E-state index is 0.0593. The van der Waals surface area contributed by atoms with Gasteiger partial charge in [0.05, 0.1) is 0 Å². The number of rotatable bonds is 4. The molecule has 2 aliphatic heterocycles. The van der Waals surface area contributed by atoms with Gasteiger partial charge < -0.3 is 25.4 Å². The molecule has 8 nitrogen and oxygen atoms in total. The summed E-state index contributed by atoms with van der Waals surface area (Å²) in [6, 6.07) is 11.5. The number of ether oxygens (including phenoxy) is 2. The van der Waals surface area contributed by atoms with E-state index in [0.717, 1.165) is 40.4 Å². The van der Waals surface area contributed by atoms with Gasteiger partial charge in [0.1, 0.15) is 5.82 Å². The van der Waals surface area contributed by atoms with Crippen LogP contribution in [0.15, 0.2) is 42.6 Å². The van der Waals surface area contributed by atoms with Gasteiger partial charge in [-0.3, -0.25) is 4.79 Å². The third kappa shape index (κ3) is 3.52. The van der Waals surface area contributed by atoms with Gasteiger partial charge in [-0.2, -0.15) is 4.98 Å². The van der Waals surface area contributed by atoms with E-state index in [2.05, 4.69) is 25.9 Å². The molecule has 146 valence electrons. The van der Waals surface area contributed by atoms with Crippen LogP contribution < -0.4 is 25.4 Å². The number of anilines is 5. The zero-order valence-electron chi connectivity index (χ0n) is 15.8. The highest BCUT2D eigenvalue weighted by molar-refractivity contribution is 5.94. The second-order valence-corrected chi connectivity index (χ2v) is 6.96. The fraction of sp³-hybridized carbons (Fsp3) is 0.190. The second kappa shape index (κ2) is 6.97. The summed E-state index contributed by atoms with van der Waals surface area (Å²) in [5.74, 6) is 2.67. The van der Waals surface area contributed by atoms with E-state index in [0.29, 0.717) is 23.9 Å². The Morgan fingerprint density at radius 2 is 1.83 bits per heavy atom. The molecule has 0 bridgehead atoms. The summed E-state index contributed by atoms with van der Waals surface area (Å²) >= 11 is 0. The fourth-order valence-corrected chi connectivity index (χ4v) is 3.33. The van der Waals surface area contributed by atoms with Crippen LogP contribution in [0.4, 0.5) is 28.8 Å². The molecule has 1 aromatic heterocycles. The van der Waals surface area contributed by atoms with E-state index in [1.165, 1.54) is 0 Å². The number of aromatic nitrogens is 2. The first-order chi connectivity index (χ1) is 14.1. The van der Waals surface area contributed by atoms with E-state index in [4.69, 9.17) is 9.47 Å². The average molecular weight is 389 g/mol. The van der Waals surface area contributed by atoms with E-state index >= 15 is 0 Å². The Bertz CT molecular complexity index is 1120. The van der Waals surface area contributed by atoms with E-state index in [-0.39, 0.29) is 12.7 Å². The topological polar surface area (TPSA) is 97.4 Å². The van der Waals surface area contributed by atoms with E-state index in [1.54, 1.807) is 6.20 Å². The number of nitrogens with zero attached hydrogens (tertiary/aromatic N) is 2. The quantitative estimate of drug-likeness (QED) is 0.623. The molecule has 3 aromatic rings. The van der Waals surface area contributed by atoms with Crippen molar-refractivity contribution in [2.75, 3.05) is 22.7 Å². The minimum Gasteiger partial charge on any atom is -0.454 e. The van der Waals surface area contributed by atoms with Crippen molar-refractivity contribution in [3.8, 4) is 11.5 Å². The van der Waals surface area contributed by atoms with Crippen LogP contribution in [0.3, 0.4) is 0 Å². The normalized spacial score (nSPS) is 14.2. The van der Waals surface area contributed by atoms with Crippen molar-refractivity contribution in [1.29, 1.82) is 0 Å². The highest BCUT2D eigenvalue weighted by Gasteiger charge is 2.16.